The van der Waals surface area contributed by atoms with Crippen molar-refractivity contribution in [2.24, 2.45) is 0 Å². The van der Waals surface area contributed by atoms with Crippen LogP contribution in [0.3, 0.4) is 0 Å². The number of carbonyl (C=O) groups excluding carboxylic acids is 1. The van der Waals surface area contributed by atoms with Crippen LogP contribution in [0.5, 0.6) is 5.75 Å². The Kier molecular flexibility index (Phi) is 4.74. The number of rotatable bonds is 5. The highest BCUT2D eigenvalue weighted by Gasteiger charge is 2.09. The Labute approximate surface area is 139 Å². The molecular weight excluding hydrogens is 306 g/mol. The molecule has 0 radical (unpaired) electrons. The Balaban J connectivity index is 1.67. The first-order valence-corrected chi connectivity index (χ1v) is 8.22. The number of amides is 1. The summed E-state index contributed by atoms with van der Waals surface area (Å²) in [5.41, 5.74) is 2.92. The summed E-state index contributed by atoms with van der Waals surface area (Å²) in [5, 5.41) is 4.95. The molecule has 0 saturated carbocycles. The summed E-state index contributed by atoms with van der Waals surface area (Å²) in [7, 11) is 0. The van der Waals surface area contributed by atoms with Crippen molar-refractivity contribution in [1.29, 1.82) is 0 Å². The molecule has 0 spiro atoms. The van der Waals surface area contributed by atoms with Crippen LogP contribution < -0.4 is 10.1 Å². The fourth-order valence-electron chi connectivity index (χ4n) is 2.28. The van der Waals surface area contributed by atoms with Gasteiger partial charge < -0.3 is 10.1 Å². The highest BCUT2D eigenvalue weighted by molar-refractivity contribution is 7.13. The molecule has 0 atom stereocenters. The van der Waals surface area contributed by atoms with E-state index in [1.54, 1.807) is 11.3 Å². The number of benzene rings is 2. The molecule has 3 rings (SSSR count). The molecule has 3 nitrogen and oxygen atoms in total. The zero-order valence-corrected chi connectivity index (χ0v) is 13.6. The number of thiophene rings is 1. The molecule has 4 heteroatoms. The van der Waals surface area contributed by atoms with Gasteiger partial charge in [-0.1, -0.05) is 36.4 Å². The van der Waals surface area contributed by atoms with Crippen LogP contribution in [0.25, 0.3) is 10.4 Å². The van der Waals surface area contributed by atoms with Gasteiger partial charge in [-0.05, 0) is 42.1 Å². The average Bonchev–Trinajstić information content (AvgIpc) is 3.08. The van der Waals surface area contributed by atoms with Gasteiger partial charge in [0.05, 0.1) is 0 Å². The maximum Gasteiger partial charge on any atom is 0.262 e. The highest BCUT2D eigenvalue weighted by atomic mass is 32.1. The van der Waals surface area contributed by atoms with Crippen molar-refractivity contribution in [1.82, 2.24) is 0 Å². The number of ether oxygens (including phenoxy) is 1. The second-order valence-corrected chi connectivity index (χ2v) is 6.12. The zero-order chi connectivity index (χ0) is 16.1. The van der Waals surface area contributed by atoms with E-state index in [2.05, 4.69) is 5.32 Å². The van der Waals surface area contributed by atoms with E-state index >= 15 is 0 Å². The fraction of sp³-hybridized carbons (Fsp3) is 0.105. The lowest BCUT2D eigenvalue weighted by Gasteiger charge is -2.11. The minimum atomic E-state index is -0.171. The molecule has 1 heterocycles. The van der Waals surface area contributed by atoms with Gasteiger partial charge in [0.1, 0.15) is 5.75 Å². The van der Waals surface area contributed by atoms with E-state index in [-0.39, 0.29) is 12.5 Å². The van der Waals surface area contributed by atoms with E-state index in [4.69, 9.17) is 4.74 Å². The lowest BCUT2D eigenvalue weighted by molar-refractivity contribution is -0.118. The van der Waals surface area contributed by atoms with Crippen LogP contribution in [-0.2, 0) is 4.79 Å². The number of carbonyl (C=O) groups is 1. The number of nitrogens with one attached hydrogen (secondary N) is 1. The van der Waals surface area contributed by atoms with Crippen LogP contribution in [0.4, 0.5) is 5.69 Å². The summed E-state index contributed by atoms with van der Waals surface area (Å²) in [6.07, 6.45) is 0. The maximum atomic E-state index is 12.2. The van der Waals surface area contributed by atoms with Gasteiger partial charge in [-0.3, -0.25) is 4.79 Å². The number of anilines is 1. The van der Waals surface area contributed by atoms with Gasteiger partial charge in [0.25, 0.3) is 5.91 Å². The van der Waals surface area contributed by atoms with Crippen molar-refractivity contribution in [3.63, 3.8) is 0 Å². The Morgan fingerprint density at radius 1 is 1.09 bits per heavy atom. The first-order chi connectivity index (χ1) is 11.2. The van der Waals surface area contributed by atoms with E-state index in [1.165, 1.54) is 0 Å². The third kappa shape index (κ3) is 3.99. The molecule has 116 valence electrons. The van der Waals surface area contributed by atoms with Crippen molar-refractivity contribution < 1.29 is 9.53 Å². The summed E-state index contributed by atoms with van der Waals surface area (Å²) in [6, 6.07) is 19.5. The van der Waals surface area contributed by atoms with E-state index in [0.717, 1.165) is 21.7 Å². The van der Waals surface area contributed by atoms with Crippen molar-refractivity contribution in [3.8, 4) is 16.2 Å². The molecule has 0 unspecified atom stereocenters. The van der Waals surface area contributed by atoms with Crippen molar-refractivity contribution >= 4 is 22.9 Å². The minimum Gasteiger partial charge on any atom is -0.484 e. The predicted octanol–water partition coefficient (Wildman–Crippen LogP) is 4.74. The number of para-hydroxylation sites is 1. The van der Waals surface area contributed by atoms with Gasteiger partial charge in [0.15, 0.2) is 6.61 Å². The molecule has 3 aromatic rings. The van der Waals surface area contributed by atoms with Crippen LogP contribution in [0.2, 0.25) is 0 Å². The molecule has 0 aliphatic carbocycles. The van der Waals surface area contributed by atoms with Crippen LogP contribution in [-0.4, -0.2) is 12.5 Å². The summed E-state index contributed by atoms with van der Waals surface area (Å²) < 4.78 is 5.54. The van der Waals surface area contributed by atoms with Crippen LogP contribution in [0.1, 0.15) is 5.56 Å². The van der Waals surface area contributed by atoms with Crippen molar-refractivity contribution in [2.75, 3.05) is 11.9 Å². The highest BCUT2D eigenvalue weighted by Crippen LogP contribution is 2.31. The summed E-state index contributed by atoms with van der Waals surface area (Å²) in [4.78, 5) is 13.3. The summed E-state index contributed by atoms with van der Waals surface area (Å²) in [5.74, 6) is 0.530. The number of hydrogen-bond donors (Lipinski definition) is 1. The van der Waals surface area contributed by atoms with Crippen LogP contribution in [0.15, 0.2) is 66.0 Å². The Bertz CT molecular complexity index is 797. The van der Waals surface area contributed by atoms with Gasteiger partial charge in [-0.15, -0.1) is 11.3 Å². The predicted molar refractivity (Wildman–Crippen MR) is 95.1 cm³/mol. The topological polar surface area (TPSA) is 38.3 Å². The second-order valence-electron chi connectivity index (χ2n) is 5.18. The molecule has 0 aliphatic heterocycles. The molecule has 0 aliphatic rings. The molecule has 0 bridgehead atoms. The quantitative estimate of drug-likeness (QED) is 0.736. The van der Waals surface area contributed by atoms with Gasteiger partial charge in [0.2, 0.25) is 0 Å². The third-order valence-corrected chi connectivity index (χ3v) is 4.25. The number of aryl methyl sites for hydroxylation is 1. The van der Waals surface area contributed by atoms with Crippen molar-refractivity contribution in [3.05, 3.63) is 71.6 Å². The molecule has 2 aromatic carbocycles. The minimum absolute atomic E-state index is 0.0117. The zero-order valence-electron chi connectivity index (χ0n) is 12.8. The second kappa shape index (κ2) is 7.11. The van der Waals surface area contributed by atoms with E-state index in [9.17, 15) is 4.79 Å². The average molecular weight is 323 g/mol. The van der Waals surface area contributed by atoms with Gasteiger partial charge in [-0.25, -0.2) is 0 Å². The SMILES string of the molecule is Cc1cccc(OCC(=O)Nc2ccccc2-c2cccs2)c1. The van der Waals surface area contributed by atoms with Crippen LogP contribution >= 0.6 is 11.3 Å². The third-order valence-electron chi connectivity index (χ3n) is 3.35. The van der Waals surface area contributed by atoms with E-state index in [0.29, 0.717) is 5.75 Å². The normalized spacial score (nSPS) is 10.3. The van der Waals surface area contributed by atoms with Crippen LogP contribution in [0, 0.1) is 6.92 Å². The number of hydrogen-bond acceptors (Lipinski definition) is 3. The first-order valence-electron chi connectivity index (χ1n) is 7.34. The van der Waals surface area contributed by atoms with Gasteiger partial charge >= 0.3 is 0 Å². The molecule has 0 saturated heterocycles. The van der Waals surface area contributed by atoms with Gasteiger partial charge in [-0.2, -0.15) is 0 Å². The molecule has 23 heavy (non-hydrogen) atoms. The maximum absolute atomic E-state index is 12.2. The lowest BCUT2D eigenvalue weighted by atomic mass is 10.1. The Hall–Kier alpha value is -2.59. The Morgan fingerprint density at radius 3 is 2.74 bits per heavy atom. The largest absolute Gasteiger partial charge is 0.484 e. The smallest absolute Gasteiger partial charge is 0.262 e. The van der Waals surface area contributed by atoms with E-state index in [1.807, 2.05) is 73.0 Å². The lowest BCUT2D eigenvalue weighted by Crippen LogP contribution is -2.20. The molecule has 1 amide bonds. The van der Waals surface area contributed by atoms with E-state index < -0.39 is 0 Å². The Morgan fingerprint density at radius 2 is 1.96 bits per heavy atom. The van der Waals surface area contributed by atoms with Gasteiger partial charge in [0, 0.05) is 16.1 Å². The monoisotopic (exact) mass is 323 g/mol. The fourth-order valence-corrected chi connectivity index (χ4v) is 3.04. The van der Waals surface area contributed by atoms with Crippen molar-refractivity contribution in [2.45, 2.75) is 6.92 Å². The molecule has 1 N–H and O–H groups in total. The molecular formula is C19H17NO2S. The summed E-state index contributed by atoms with van der Waals surface area (Å²) in [6.45, 7) is 1.98. The molecule has 0 fully saturated rings. The first kappa shape index (κ1) is 15.3. The molecule has 1 aromatic heterocycles. The standard InChI is InChI=1S/C19H17NO2S/c1-14-6-4-7-15(12-14)22-13-19(21)20-17-9-3-2-8-16(17)18-10-5-11-23-18/h2-12H,13H2,1H3,(H,20,21). The summed E-state index contributed by atoms with van der Waals surface area (Å²) >= 11 is 1.65.